The lowest BCUT2D eigenvalue weighted by molar-refractivity contribution is -0.0189. The molecule has 0 fully saturated rings. The van der Waals surface area contributed by atoms with Crippen LogP contribution in [-0.4, -0.2) is 10.7 Å². The zero-order valence-corrected chi connectivity index (χ0v) is 18.9. The maximum absolute atomic E-state index is 6.57. The molecule has 0 aromatic heterocycles. The molecule has 0 amide bonds. The maximum atomic E-state index is 6.57. The van der Waals surface area contributed by atoms with Crippen molar-refractivity contribution in [2.75, 3.05) is 0 Å². The third-order valence-electron chi connectivity index (χ3n) is 6.25. The summed E-state index contributed by atoms with van der Waals surface area (Å²) in [7, 11) is 0. The summed E-state index contributed by atoms with van der Waals surface area (Å²) < 4.78 is 6.44. The van der Waals surface area contributed by atoms with E-state index in [1.165, 1.54) is 16.3 Å². The number of aryl methyl sites for hydroxylation is 1. The molecule has 0 saturated heterocycles. The molecule has 2 aliphatic heterocycles. The van der Waals surface area contributed by atoms with Crippen LogP contribution < -0.4 is 4.74 Å². The van der Waals surface area contributed by atoms with Crippen LogP contribution in [0.5, 0.6) is 5.75 Å². The summed E-state index contributed by atoms with van der Waals surface area (Å²) in [5.74, 6) is 0.692. The lowest BCUT2D eigenvalue weighted by Crippen LogP contribution is -2.33. The molecule has 32 heavy (non-hydrogen) atoms. The average Bonchev–Trinajstić information content (AvgIpc) is 3.25. The SMILES string of the molecule is Cc1ccc([C@H]2Oc3c(Cl)cc(Cl)cc3[C@H]3CC(c4ccc5ccccc5c4)=NN32)cc1. The molecule has 0 saturated carbocycles. The molecule has 0 radical (unpaired) electrons. The Balaban J connectivity index is 1.47. The van der Waals surface area contributed by atoms with Crippen molar-refractivity contribution in [1.29, 1.82) is 0 Å². The Hall–Kier alpha value is -3.01. The smallest absolute Gasteiger partial charge is 0.213 e. The van der Waals surface area contributed by atoms with Gasteiger partial charge in [0.05, 0.1) is 16.8 Å². The van der Waals surface area contributed by atoms with Crippen LogP contribution in [0.15, 0.2) is 84.0 Å². The average molecular weight is 459 g/mol. The van der Waals surface area contributed by atoms with Crippen molar-refractivity contribution in [2.24, 2.45) is 5.10 Å². The second-order valence-electron chi connectivity index (χ2n) is 8.40. The first kappa shape index (κ1) is 19.7. The van der Waals surface area contributed by atoms with Gasteiger partial charge in [0.2, 0.25) is 6.23 Å². The Morgan fingerprint density at radius 1 is 0.906 bits per heavy atom. The highest BCUT2D eigenvalue weighted by Crippen LogP contribution is 2.50. The largest absolute Gasteiger partial charge is 0.463 e. The van der Waals surface area contributed by atoms with Gasteiger partial charge in [-0.1, -0.05) is 89.4 Å². The fraction of sp³-hybridized carbons (Fsp3) is 0.148. The van der Waals surface area contributed by atoms with Crippen molar-refractivity contribution >= 4 is 39.7 Å². The Labute approximate surface area is 196 Å². The molecule has 158 valence electrons. The van der Waals surface area contributed by atoms with Crippen molar-refractivity contribution in [3.05, 3.63) is 111 Å². The highest BCUT2D eigenvalue weighted by Gasteiger charge is 2.42. The molecule has 6 rings (SSSR count). The van der Waals surface area contributed by atoms with Gasteiger partial charge in [0.1, 0.15) is 5.75 Å². The number of hydrogen-bond acceptors (Lipinski definition) is 3. The summed E-state index contributed by atoms with van der Waals surface area (Å²) in [4.78, 5) is 0. The topological polar surface area (TPSA) is 24.8 Å². The molecule has 0 bridgehead atoms. The number of hydrazone groups is 1. The van der Waals surface area contributed by atoms with E-state index in [4.69, 9.17) is 33.0 Å². The molecular weight excluding hydrogens is 439 g/mol. The Kier molecular flexibility index (Phi) is 4.63. The third kappa shape index (κ3) is 3.24. The molecular formula is C27H20Cl2N2O. The monoisotopic (exact) mass is 458 g/mol. The van der Waals surface area contributed by atoms with Crippen LogP contribution in [0.3, 0.4) is 0 Å². The zero-order chi connectivity index (χ0) is 21.8. The standard InChI is InChI=1S/C27H20Cl2N2O/c1-16-6-8-18(9-7-16)27-31-25(22-13-21(28)14-23(29)26(22)32-27)15-24(30-31)20-11-10-17-4-2-3-5-19(17)12-20/h2-14,25,27H,15H2,1H3/t25-,27-/m1/s1. The minimum atomic E-state index is -0.357. The second kappa shape index (κ2) is 7.54. The minimum absolute atomic E-state index is 0.00252. The summed E-state index contributed by atoms with van der Waals surface area (Å²) in [5.41, 5.74) is 5.38. The van der Waals surface area contributed by atoms with Gasteiger partial charge in [-0.15, -0.1) is 0 Å². The summed E-state index contributed by atoms with van der Waals surface area (Å²) in [6.45, 7) is 2.08. The van der Waals surface area contributed by atoms with Gasteiger partial charge in [-0.05, 0) is 41.5 Å². The van der Waals surface area contributed by atoms with Crippen LogP contribution in [-0.2, 0) is 0 Å². The van der Waals surface area contributed by atoms with E-state index in [0.29, 0.717) is 15.8 Å². The molecule has 3 nitrogen and oxygen atoms in total. The molecule has 0 spiro atoms. The number of rotatable bonds is 2. The van der Waals surface area contributed by atoms with Gasteiger partial charge >= 0.3 is 0 Å². The van der Waals surface area contributed by atoms with Gasteiger partial charge in [0.15, 0.2) is 0 Å². The van der Waals surface area contributed by atoms with Gasteiger partial charge in [-0.2, -0.15) is 5.10 Å². The van der Waals surface area contributed by atoms with Crippen molar-refractivity contribution < 1.29 is 4.74 Å². The first-order valence-corrected chi connectivity index (χ1v) is 11.4. The summed E-state index contributed by atoms with van der Waals surface area (Å²) >= 11 is 12.9. The highest BCUT2D eigenvalue weighted by atomic mass is 35.5. The predicted molar refractivity (Wildman–Crippen MR) is 131 cm³/mol. The first-order chi connectivity index (χ1) is 15.6. The Morgan fingerprint density at radius 3 is 2.50 bits per heavy atom. The molecule has 4 aromatic rings. The predicted octanol–water partition coefficient (Wildman–Crippen LogP) is 7.70. The summed E-state index contributed by atoms with van der Waals surface area (Å²) in [6.07, 6.45) is 0.401. The molecule has 2 heterocycles. The molecule has 5 heteroatoms. The third-order valence-corrected chi connectivity index (χ3v) is 6.75. The number of nitrogens with zero attached hydrogens (tertiary/aromatic N) is 2. The van der Waals surface area contributed by atoms with E-state index < -0.39 is 0 Å². The molecule has 2 aliphatic rings. The van der Waals surface area contributed by atoms with Gasteiger partial charge in [0.25, 0.3) is 0 Å². The molecule has 2 atom stereocenters. The van der Waals surface area contributed by atoms with Gasteiger partial charge in [-0.3, -0.25) is 0 Å². The molecule has 0 aliphatic carbocycles. The molecule has 4 aromatic carbocycles. The van der Waals surface area contributed by atoms with Crippen LogP contribution in [0.1, 0.15) is 40.9 Å². The highest BCUT2D eigenvalue weighted by molar-refractivity contribution is 6.35. The van der Waals surface area contributed by atoms with Gasteiger partial charge in [-0.25, -0.2) is 5.01 Å². The summed E-state index contributed by atoms with van der Waals surface area (Å²) in [6, 6.07) is 27.0. The van der Waals surface area contributed by atoms with Crippen molar-refractivity contribution in [1.82, 2.24) is 5.01 Å². The van der Waals surface area contributed by atoms with Crippen LogP contribution in [0.25, 0.3) is 10.8 Å². The lowest BCUT2D eigenvalue weighted by Gasteiger charge is -2.38. The Bertz CT molecular complexity index is 1380. The van der Waals surface area contributed by atoms with Gasteiger partial charge in [0, 0.05) is 22.6 Å². The molecule has 0 unspecified atom stereocenters. The zero-order valence-electron chi connectivity index (χ0n) is 17.4. The fourth-order valence-electron chi connectivity index (χ4n) is 4.61. The van der Waals surface area contributed by atoms with Crippen LogP contribution in [0.2, 0.25) is 10.0 Å². The number of fused-ring (bicyclic) bond motifs is 4. The van der Waals surface area contributed by atoms with E-state index in [9.17, 15) is 0 Å². The number of halogens is 2. The van der Waals surface area contributed by atoms with Crippen molar-refractivity contribution in [3.63, 3.8) is 0 Å². The van der Waals surface area contributed by atoms with Crippen LogP contribution >= 0.6 is 23.2 Å². The van der Waals surface area contributed by atoms with Gasteiger partial charge < -0.3 is 4.74 Å². The van der Waals surface area contributed by atoms with Crippen molar-refractivity contribution in [2.45, 2.75) is 25.6 Å². The maximum Gasteiger partial charge on any atom is 0.213 e. The first-order valence-electron chi connectivity index (χ1n) is 10.6. The van der Waals surface area contributed by atoms with E-state index >= 15 is 0 Å². The summed E-state index contributed by atoms with van der Waals surface area (Å²) in [5, 5.41) is 10.7. The Morgan fingerprint density at radius 2 is 1.69 bits per heavy atom. The number of benzene rings is 4. The van der Waals surface area contributed by atoms with E-state index in [-0.39, 0.29) is 12.3 Å². The second-order valence-corrected chi connectivity index (χ2v) is 9.24. The van der Waals surface area contributed by atoms with E-state index in [2.05, 4.69) is 78.7 Å². The van der Waals surface area contributed by atoms with E-state index in [0.717, 1.165) is 28.8 Å². The van der Waals surface area contributed by atoms with Crippen molar-refractivity contribution in [3.8, 4) is 5.75 Å². The van der Waals surface area contributed by atoms with Crippen LogP contribution in [0.4, 0.5) is 0 Å². The van der Waals surface area contributed by atoms with E-state index in [1.54, 1.807) is 6.07 Å². The normalized spacial score (nSPS) is 19.3. The number of hydrogen-bond donors (Lipinski definition) is 0. The van der Waals surface area contributed by atoms with E-state index in [1.807, 2.05) is 6.07 Å². The minimum Gasteiger partial charge on any atom is -0.463 e. The number of ether oxygens (including phenoxy) is 1. The fourth-order valence-corrected chi connectivity index (χ4v) is 5.16. The molecule has 0 N–H and O–H groups in total. The quantitative estimate of drug-likeness (QED) is 0.307. The lowest BCUT2D eigenvalue weighted by atomic mass is 9.95. The van der Waals surface area contributed by atoms with Crippen LogP contribution in [0, 0.1) is 6.92 Å².